The van der Waals surface area contributed by atoms with Gasteiger partial charge in [-0.05, 0) is 25.1 Å². The fourth-order valence-corrected chi connectivity index (χ4v) is 1.37. The molecule has 0 heterocycles. The van der Waals surface area contributed by atoms with Crippen molar-refractivity contribution < 1.29 is 22.9 Å². The second kappa shape index (κ2) is 5.70. The van der Waals surface area contributed by atoms with E-state index in [0.29, 0.717) is 6.07 Å². The fraction of sp³-hybridized carbons (Fsp3) is 0.182. The number of halogens is 3. The zero-order valence-electron chi connectivity index (χ0n) is 10.0. The Morgan fingerprint density at radius 2 is 2.00 bits per heavy atom. The van der Waals surface area contributed by atoms with Gasteiger partial charge in [-0.3, -0.25) is 14.9 Å². The Bertz CT molecular complexity index is 569. The number of carbonyl (C=O) groups is 1. The molecule has 0 saturated heterocycles. The number of allylic oxidation sites excluding steroid dienone is 2. The molecule has 0 spiro atoms. The third kappa shape index (κ3) is 3.32. The van der Waals surface area contributed by atoms with Crippen LogP contribution in [0.15, 0.2) is 35.7 Å². The Balaban J connectivity index is 3.25. The average Bonchev–Trinajstić information content (AvgIpc) is 2.37. The minimum absolute atomic E-state index is 0.0955. The molecule has 1 aromatic rings. The summed E-state index contributed by atoms with van der Waals surface area (Å²) in [5, 5.41) is 22.2. The van der Waals surface area contributed by atoms with Crippen molar-refractivity contribution in [1.29, 1.82) is 0 Å². The number of benzene rings is 1. The van der Waals surface area contributed by atoms with E-state index in [9.17, 15) is 33.3 Å². The minimum Gasteiger partial charge on any atom is -0.754 e. The number of hydrogen-bond acceptors (Lipinski definition) is 5. The lowest BCUT2D eigenvalue weighted by Gasteiger charge is -2.30. The first-order valence-electron chi connectivity index (χ1n) is 5.13. The molecule has 1 rings (SSSR count). The Morgan fingerprint density at radius 3 is 2.45 bits per heavy atom. The van der Waals surface area contributed by atoms with Crippen LogP contribution in [0.4, 0.5) is 18.9 Å². The molecule has 0 radical (unpaired) electrons. The quantitative estimate of drug-likeness (QED) is 0.368. The average molecular weight is 289 g/mol. The first-order chi connectivity index (χ1) is 9.18. The number of rotatable bonds is 4. The van der Waals surface area contributed by atoms with Crippen molar-refractivity contribution in [2.24, 2.45) is 0 Å². The highest BCUT2D eigenvalue weighted by Gasteiger charge is 2.30. The summed E-state index contributed by atoms with van der Waals surface area (Å²) in [5.74, 6) is 0. The van der Waals surface area contributed by atoms with Crippen LogP contribution in [0.25, 0.3) is 0 Å². The lowest BCUT2D eigenvalue weighted by molar-refractivity contribution is -0.418. The van der Waals surface area contributed by atoms with E-state index in [1.165, 1.54) is 0 Å². The Labute approximate surface area is 110 Å². The first-order valence-corrected chi connectivity index (χ1v) is 5.13. The number of aldehydes is 1. The van der Waals surface area contributed by atoms with Crippen LogP contribution in [-0.4, -0.2) is 11.2 Å². The van der Waals surface area contributed by atoms with E-state index >= 15 is 0 Å². The van der Waals surface area contributed by atoms with Crippen LogP contribution in [0.3, 0.4) is 0 Å². The summed E-state index contributed by atoms with van der Waals surface area (Å²) in [5.41, 5.74) is -3.15. The molecule has 0 aliphatic carbocycles. The topological polar surface area (TPSA) is 86.5 Å². The number of carbonyl (C=O) groups excluding carboxylic acids is 1. The second-order valence-corrected chi connectivity index (χ2v) is 3.69. The summed E-state index contributed by atoms with van der Waals surface area (Å²) >= 11 is 0. The predicted octanol–water partition coefficient (Wildman–Crippen LogP) is 2.72. The van der Waals surface area contributed by atoms with Gasteiger partial charge in [0.1, 0.15) is 0 Å². The highest BCUT2D eigenvalue weighted by Crippen LogP contribution is 2.32. The van der Waals surface area contributed by atoms with Crippen molar-refractivity contribution in [3.05, 3.63) is 56.5 Å². The van der Waals surface area contributed by atoms with Gasteiger partial charge in [0, 0.05) is 5.69 Å². The van der Waals surface area contributed by atoms with Crippen molar-refractivity contribution >= 4 is 12.0 Å². The maximum Gasteiger partial charge on any atom is 0.416 e. The van der Waals surface area contributed by atoms with Gasteiger partial charge in [-0.25, -0.2) is 0 Å². The van der Waals surface area contributed by atoms with E-state index in [1.807, 2.05) is 0 Å². The van der Waals surface area contributed by atoms with E-state index in [4.69, 9.17) is 0 Å². The molecule has 20 heavy (non-hydrogen) atoms. The monoisotopic (exact) mass is 289 g/mol. The van der Waals surface area contributed by atoms with E-state index in [1.54, 1.807) is 0 Å². The summed E-state index contributed by atoms with van der Waals surface area (Å²) in [6.07, 6.45) is -4.79. The van der Waals surface area contributed by atoms with Gasteiger partial charge in [0.25, 0.3) is 0 Å². The van der Waals surface area contributed by atoms with Crippen LogP contribution in [0.1, 0.15) is 12.5 Å². The first kappa shape index (κ1) is 15.6. The van der Waals surface area contributed by atoms with Crippen molar-refractivity contribution in [1.82, 2.24) is 0 Å². The van der Waals surface area contributed by atoms with Crippen LogP contribution < -0.4 is 5.06 Å². The molecule has 1 aromatic carbocycles. The summed E-state index contributed by atoms with van der Waals surface area (Å²) in [4.78, 5) is 19.9. The van der Waals surface area contributed by atoms with Crippen LogP contribution in [0.5, 0.6) is 0 Å². The summed E-state index contributed by atoms with van der Waals surface area (Å²) in [7, 11) is 0. The van der Waals surface area contributed by atoms with E-state index in [-0.39, 0.29) is 11.3 Å². The zero-order valence-corrected chi connectivity index (χ0v) is 10.0. The van der Waals surface area contributed by atoms with Gasteiger partial charge in [0.05, 0.1) is 16.2 Å². The summed E-state index contributed by atoms with van der Waals surface area (Å²) < 4.78 is 37.5. The number of hydrogen-bond donors (Lipinski definition) is 0. The van der Waals surface area contributed by atoms with E-state index in [2.05, 4.69) is 0 Å². The van der Waals surface area contributed by atoms with E-state index < -0.39 is 33.7 Å². The van der Waals surface area contributed by atoms with Gasteiger partial charge in [0.15, 0.2) is 0 Å². The van der Waals surface area contributed by atoms with Crippen molar-refractivity contribution in [2.45, 2.75) is 13.1 Å². The summed E-state index contributed by atoms with van der Waals surface area (Å²) in [6.45, 7) is 0.972. The normalized spacial score (nSPS) is 12.7. The van der Waals surface area contributed by atoms with Crippen LogP contribution in [0, 0.1) is 15.3 Å². The number of nitrogens with zero attached hydrogens (tertiary/aromatic N) is 2. The molecule has 0 atom stereocenters. The predicted molar refractivity (Wildman–Crippen MR) is 63.0 cm³/mol. The third-order valence-corrected chi connectivity index (χ3v) is 2.39. The van der Waals surface area contributed by atoms with Crippen LogP contribution >= 0.6 is 0 Å². The highest BCUT2D eigenvalue weighted by atomic mass is 19.4. The zero-order chi connectivity index (χ0) is 15.5. The van der Waals surface area contributed by atoms with Crippen LogP contribution in [0.2, 0.25) is 0 Å². The second-order valence-electron chi connectivity index (χ2n) is 3.69. The maximum absolute atomic E-state index is 12.5. The molecule has 0 amide bonds. The molecule has 0 N–H and O–H groups in total. The van der Waals surface area contributed by atoms with Gasteiger partial charge < -0.3 is 10.3 Å². The molecule has 108 valence electrons. The Kier molecular flexibility index (Phi) is 4.45. The molecule has 0 saturated carbocycles. The number of anilines is 1. The summed E-state index contributed by atoms with van der Waals surface area (Å²) in [6, 6.07) is 3.33. The number of hydroxylamine groups is 1. The molecule has 9 heteroatoms. The Hall–Kier alpha value is -2.42. The molecular formula is C11H8F3N2O4-. The molecule has 0 bridgehead atoms. The molecule has 0 aliphatic heterocycles. The van der Waals surface area contributed by atoms with Crippen molar-refractivity contribution in [3.63, 3.8) is 0 Å². The van der Waals surface area contributed by atoms with Gasteiger partial charge in [0.2, 0.25) is 6.29 Å². The SMILES string of the molecule is C/C(=C(/C=O)[N+](=O)[O-])N([O-])c1cccc(C(F)(F)F)c1. The maximum atomic E-state index is 12.5. The standard InChI is InChI=1S/C11H8F3N2O4/c1-7(10(6-17)16(19)20)15(18)9-4-2-3-8(5-9)11(12,13)14/h2-6H,1H3/q-1/b10-7+. The molecule has 0 fully saturated rings. The van der Waals surface area contributed by atoms with Crippen molar-refractivity contribution in [3.8, 4) is 0 Å². The molecule has 0 unspecified atom stereocenters. The number of nitro groups is 1. The van der Waals surface area contributed by atoms with Gasteiger partial charge in [-0.1, -0.05) is 6.07 Å². The molecule has 0 aromatic heterocycles. The lowest BCUT2D eigenvalue weighted by atomic mass is 10.2. The minimum atomic E-state index is -4.65. The molecule has 6 nitrogen and oxygen atoms in total. The van der Waals surface area contributed by atoms with E-state index in [0.717, 1.165) is 25.1 Å². The van der Waals surface area contributed by atoms with Gasteiger partial charge >= 0.3 is 11.9 Å². The third-order valence-electron chi connectivity index (χ3n) is 2.39. The fourth-order valence-electron chi connectivity index (χ4n) is 1.37. The largest absolute Gasteiger partial charge is 0.754 e. The number of alkyl halides is 3. The lowest BCUT2D eigenvalue weighted by Crippen LogP contribution is -2.18. The van der Waals surface area contributed by atoms with Crippen molar-refractivity contribution in [2.75, 3.05) is 5.06 Å². The smallest absolute Gasteiger partial charge is 0.416 e. The highest BCUT2D eigenvalue weighted by molar-refractivity contribution is 5.73. The molecular weight excluding hydrogens is 281 g/mol. The van der Waals surface area contributed by atoms with Gasteiger partial charge in [-0.15, -0.1) is 0 Å². The van der Waals surface area contributed by atoms with Crippen LogP contribution in [-0.2, 0) is 11.0 Å². The van der Waals surface area contributed by atoms with Gasteiger partial charge in [-0.2, -0.15) is 13.2 Å². The Morgan fingerprint density at radius 1 is 1.40 bits per heavy atom. The molecule has 0 aliphatic rings.